The minimum absolute atomic E-state index is 0.250. The minimum Gasteiger partial charge on any atom is -0.463 e. The molecule has 3 nitrogen and oxygen atoms in total. The molecule has 0 spiro atoms. The third-order valence-corrected chi connectivity index (χ3v) is 5.28. The van der Waals surface area contributed by atoms with Crippen molar-refractivity contribution in [1.29, 1.82) is 0 Å². The molecule has 0 atom stereocenters. The van der Waals surface area contributed by atoms with Crippen molar-refractivity contribution in [2.45, 2.75) is 51.0 Å². The Kier molecular flexibility index (Phi) is 3.42. The summed E-state index contributed by atoms with van der Waals surface area (Å²) in [7, 11) is 0. The number of esters is 1. The third-order valence-electron chi connectivity index (χ3n) is 5.28. The van der Waals surface area contributed by atoms with Crippen LogP contribution in [0.1, 0.15) is 45.4 Å². The first-order valence-electron chi connectivity index (χ1n) is 7.70. The molecule has 0 unspecified atom stereocenters. The summed E-state index contributed by atoms with van der Waals surface area (Å²) >= 11 is 0. The zero-order valence-electron chi connectivity index (χ0n) is 11.9. The highest BCUT2D eigenvalue weighted by Crippen LogP contribution is 2.55. The highest BCUT2D eigenvalue weighted by molar-refractivity contribution is 5.88. The number of rotatable bonds is 5. The maximum absolute atomic E-state index is 11.6. The average molecular weight is 263 g/mol. The molecule has 4 rings (SSSR count). The minimum atomic E-state index is -0.250. The van der Waals surface area contributed by atoms with Gasteiger partial charge in [0.15, 0.2) is 0 Å². The van der Waals surface area contributed by atoms with Crippen LogP contribution in [0.15, 0.2) is 12.2 Å². The van der Waals surface area contributed by atoms with Gasteiger partial charge >= 0.3 is 5.97 Å². The molecule has 106 valence electrons. The molecule has 0 saturated heterocycles. The van der Waals surface area contributed by atoms with Crippen molar-refractivity contribution in [2.75, 3.05) is 13.2 Å². The predicted molar refractivity (Wildman–Crippen MR) is 74.7 cm³/mol. The van der Waals surface area contributed by atoms with Crippen molar-refractivity contribution in [3.05, 3.63) is 12.2 Å². The molecule has 0 aromatic carbocycles. The van der Waals surface area contributed by atoms with Gasteiger partial charge in [0.25, 0.3) is 0 Å². The maximum atomic E-state index is 11.6. The molecular formula is C16H25NO2. The Balaban J connectivity index is 1.58. The normalized spacial score (nSPS) is 39.3. The van der Waals surface area contributed by atoms with Crippen molar-refractivity contribution in [1.82, 2.24) is 5.32 Å². The maximum Gasteiger partial charge on any atom is 0.334 e. The molecule has 0 aromatic rings. The van der Waals surface area contributed by atoms with Crippen LogP contribution in [0.2, 0.25) is 0 Å². The van der Waals surface area contributed by atoms with Gasteiger partial charge in [0.2, 0.25) is 0 Å². The zero-order chi connectivity index (χ0) is 13.5. The number of hydrogen-bond acceptors (Lipinski definition) is 3. The van der Waals surface area contributed by atoms with Crippen LogP contribution in [0.5, 0.6) is 0 Å². The number of carbonyl (C=O) groups is 1. The van der Waals surface area contributed by atoms with Crippen molar-refractivity contribution >= 4 is 5.97 Å². The summed E-state index contributed by atoms with van der Waals surface area (Å²) in [6.07, 6.45) is 8.23. The Hall–Kier alpha value is -0.830. The number of hydrogen-bond donors (Lipinski definition) is 1. The van der Waals surface area contributed by atoms with Crippen LogP contribution >= 0.6 is 0 Å². The second kappa shape index (κ2) is 4.93. The first kappa shape index (κ1) is 13.2. The van der Waals surface area contributed by atoms with Crippen molar-refractivity contribution in [3.63, 3.8) is 0 Å². The molecular weight excluding hydrogens is 238 g/mol. The van der Waals surface area contributed by atoms with Crippen LogP contribution in [0.4, 0.5) is 0 Å². The topological polar surface area (TPSA) is 38.3 Å². The van der Waals surface area contributed by atoms with Gasteiger partial charge in [-0.2, -0.15) is 0 Å². The molecule has 0 aliphatic heterocycles. The van der Waals surface area contributed by atoms with Crippen LogP contribution in [0.25, 0.3) is 0 Å². The molecule has 0 aromatic heterocycles. The van der Waals surface area contributed by atoms with Crippen molar-refractivity contribution in [3.8, 4) is 0 Å². The Labute approximate surface area is 115 Å². The second-order valence-corrected chi connectivity index (χ2v) is 6.88. The molecule has 0 heterocycles. The van der Waals surface area contributed by atoms with Gasteiger partial charge in [-0.15, -0.1) is 0 Å². The lowest BCUT2D eigenvalue weighted by Crippen LogP contribution is -2.58. The Morgan fingerprint density at radius 2 is 1.74 bits per heavy atom. The summed E-state index contributed by atoms with van der Waals surface area (Å²) in [4.78, 5) is 11.6. The number of ether oxygens (including phenoxy) is 1. The SMILES string of the molecule is C=C(CNC12CC3CC(CC(C3)C1)C2)C(=O)OCC. The van der Waals surface area contributed by atoms with Gasteiger partial charge in [0.1, 0.15) is 0 Å². The molecule has 4 fully saturated rings. The van der Waals surface area contributed by atoms with Crippen LogP contribution in [0.3, 0.4) is 0 Å². The largest absolute Gasteiger partial charge is 0.463 e. The summed E-state index contributed by atoms with van der Waals surface area (Å²) in [5.74, 6) is 2.53. The summed E-state index contributed by atoms with van der Waals surface area (Å²) in [6.45, 7) is 6.70. The quantitative estimate of drug-likeness (QED) is 0.612. The monoisotopic (exact) mass is 263 g/mol. The number of carbonyl (C=O) groups excluding carboxylic acids is 1. The standard InChI is InChI=1S/C16H25NO2/c1-3-19-15(18)11(2)10-17-16-7-12-4-13(8-16)6-14(5-12)9-16/h12-14,17H,2-10H2,1H3. The summed E-state index contributed by atoms with van der Waals surface area (Å²) in [5, 5.41) is 3.67. The molecule has 0 radical (unpaired) electrons. The first-order valence-corrected chi connectivity index (χ1v) is 7.70. The van der Waals surface area contributed by atoms with E-state index >= 15 is 0 Å². The van der Waals surface area contributed by atoms with Crippen LogP contribution < -0.4 is 5.32 Å². The molecule has 4 saturated carbocycles. The summed E-state index contributed by atoms with van der Waals surface area (Å²) < 4.78 is 5.00. The Morgan fingerprint density at radius 3 is 2.21 bits per heavy atom. The van der Waals surface area contributed by atoms with Gasteiger partial charge < -0.3 is 10.1 Å². The lowest BCUT2D eigenvalue weighted by Gasteiger charge is -2.57. The van der Waals surface area contributed by atoms with E-state index in [1.54, 1.807) is 0 Å². The highest BCUT2D eigenvalue weighted by atomic mass is 16.5. The molecule has 0 amide bonds. The molecule has 19 heavy (non-hydrogen) atoms. The second-order valence-electron chi connectivity index (χ2n) is 6.88. The fraction of sp³-hybridized carbons (Fsp3) is 0.812. The molecule has 4 aliphatic carbocycles. The Morgan fingerprint density at radius 1 is 1.21 bits per heavy atom. The van der Waals surface area contributed by atoms with Gasteiger partial charge in [-0.1, -0.05) is 6.58 Å². The van der Waals surface area contributed by atoms with E-state index < -0.39 is 0 Å². The van der Waals surface area contributed by atoms with E-state index in [2.05, 4.69) is 11.9 Å². The van der Waals surface area contributed by atoms with Gasteiger partial charge in [0, 0.05) is 17.7 Å². The van der Waals surface area contributed by atoms with Crippen LogP contribution in [-0.2, 0) is 9.53 Å². The lowest BCUT2D eigenvalue weighted by atomic mass is 9.53. The van der Waals surface area contributed by atoms with Crippen LogP contribution in [0, 0.1) is 17.8 Å². The number of nitrogens with one attached hydrogen (secondary N) is 1. The summed E-state index contributed by atoms with van der Waals surface area (Å²) in [6, 6.07) is 0. The predicted octanol–water partition coefficient (Wildman–Crippen LogP) is 2.66. The Bertz CT molecular complexity index is 353. The van der Waals surface area contributed by atoms with E-state index in [9.17, 15) is 4.79 Å². The first-order chi connectivity index (χ1) is 9.10. The van der Waals surface area contributed by atoms with Crippen LogP contribution in [-0.4, -0.2) is 24.7 Å². The van der Waals surface area contributed by atoms with E-state index in [0.29, 0.717) is 24.3 Å². The average Bonchev–Trinajstić information content (AvgIpc) is 2.34. The van der Waals surface area contributed by atoms with E-state index in [-0.39, 0.29) is 5.97 Å². The van der Waals surface area contributed by atoms with Gasteiger partial charge in [-0.25, -0.2) is 4.79 Å². The molecule has 4 bridgehead atoms. The van der Waals surface area contributed by atoms with Crippen molar-refractivity contribution < 1.29 is 9.53 Å². The smallest absolute Gasteiger partial charge is 0.334 e. The highest BCUT2D eigenvalue weighted by Gasteiger charge is 2.50. The molecule has 4 aliphatic rings. The van der Waals surface area contributed by atoms with E-state index in [1.165, 1.54) is 38.5 Å². The molecule has 1 N–H and O–H groups in total. The molecule has 3 heteroatoms. The van der Waals surface area contributed by atoms with Gasteiger partial charge in [-0.3, -0.25) is 0 Å². The van der Waals surface area contributed by atoms with Crippen molar-refractivity contribution in [2.24, 2.45) is 17.8 Å². The zero-order valence-corrected chi connectivity index (χ0v) is 11.9. The summed E-state index contributed by atoms with van der Waals surface area (Å²) in [5.41, 5.74) is 0.863. The lowest BCUT2D eigenvalue weighted by molar-refractivity contribution is -0.138. The third kappa shape index (κ3) is 2.58. The van der Waals surface area contributed by atoms with E-state index in [4.69, 9.17) is 4.74 Å². The van der Waals surface area contributed by atoms with E-state index in [1.807, 2.05) is 6.92 Å². The van der Waals surface area contributed by atoms with E-state index in [0.717, 1.165) is 17.8 Å². The fourth-order valence-corrected chi connectivity index (χ4v) is 4.93. The van der Waals surface area contributed by atoms with Gasteiger partial charge in [0.05, 0.1) is 6.61 Å². The fourth-order valence-electron chi connectivity index (χ4n) is 4.93. The van der Waals surface area contributed by atoms with Gasteiger partial charge in [-0.05, 0) is 63.2 Å².